The number of methoxy groups -OCH3 is 1. The van der Waals surface area contributed by atoms with Gasteiger partial charge in [-0.1, -0.05) is 42.5 Å². The van der Waals surface area contributed by atoms with E-state index in [1.807, 2.05) is 35.7 Å². The number of Topliss-reactive ketones (excluding diaryl/α,β-unsaturated/α-hetero) is 1. The lowest BCUT2D eigenvalue weighted by molar-refractivity contribution is -0.113. The normalized spacial score (nSPS) is 11.0. The molecular formula is C29H24N2O4S2. The number of benzene rings is 3. The Kier molecular flexibility index (Phi) is 8.91. The summed E-state index contributed by atoms with van der Waals surface area (Å²) in [5.41, 5.74) is 1.65. The maximum Gasteiger partial charge on any atom is 0.272 e. The number of anilines is 1. The molecule has 0 atom stereocenters. The van der Waals surface area contributed by atoms with Crippen LogP contribution in [0, 0.1) is 0 Å². The Labute approximate surface area is 223 Å². The van der Waals surface area contributed by atoms with Crippen molar-refractivity contribution in [1.82, 2.24) is 5.32 Å². The van der Waals surface area contributed by atoms with Crippen LogP contribution in [0.5, 0.6) is 5.75 Å². The summed E-state index contributed by atoms with van der Waals surface area (Å²) in [6.07, 6.45) is 1.64. The number of hydrogen-bond donors (Lipinski definition) is 2. The topological polar surface area (TPSA) is 84.5 Å². The first-order valence-electron chi connectivity index (χ1n) is 11.4. The minimum atomic E-state index is -0.454. The molecule has 37 heavy (non-hydrogen) atoms. The minimum Gasteiger partial charge on any atom is -0.496 e. The van der Waals surface area contributed by atoms with Gasteiger partial charge in [-0.25, -0.2) is 0 Å². The average molecular weight is 529 g/mol. The molecule has 0 unspecified atom stereocenters. The quantitative estimate of drug-likeness (QED) is 0.147. The van der Waals surface area contributed by atoms with Crippen LogP contribution >= 0.6 is 23.1 Å². The maximum atomic E-state index is 13.2. The van der Waals surface area contributed by atoms with Gasteiger partial charge in [0.1, 0.15) is 11.4 Å². The van der Waals surface area contributed by atoms with Crippen molar-refractivity contribution in [3.05, 3.63) is 118 Å². The Morgan fingerprint density at radius 1 is 0.919 bits per heavy atom. The van der Waals surface area contributed by atoms with Gasteiger partial charge in [-0.2, -0.15) is 0 Å². The molecule has 4 aromatic rings. The van der Waals surface area contributed by atoms with Crippen LogP contribution < -0.4 is 15.4 Å². The number of amides is 2. The molecule has 186 valence electrons. The molecule has 6 nitrogen and oxygen atoms in total. The van der Waals surface area contributed by atoms with Gasteiger partial charge in [-0.05, 0) is 60.0 Å². The first-order chi connectivity index (χ1) is 18.0. The van der Waals surface area contributed by atoms with Gasteiger partial charge in [-0.15, -0.1) is 23.1 Å². The molecule has 0 aliphatic carbocycles. The molecule has 0 radical (unpaired) electrons. The molecule has 0 bridgehead atoms. The Balaban J connectivity index is 1.45. The fraction of sp³-hybridized carbons (Fsp3) is 0.0690. The molecule has 2 amide bonds. The number of carbonyl (C=O) groups excluding carboxylic acids is 3. The van der Waals surface area contributed by atoms with E-state index in [9.17, 15) is 14.4 Å². The largest absolute Gasteiger partial charge is 0.496 e. The fourth-order valence-corrected chi connectivity index (χ4v) is 4.92. The number of rotatable bonds is 10. The lowest BCUT2D eigenvalue weighted by atomic mass is 10.1. The van der Waals surface area contributed by atoms with Gasteiger partial charge >= 0.3 is 0 Å². The van der Waals surface area contributed by atoms with Gasteiger partial charge in [0, 0.05) is 21.0 Å². The highest BCUT2D eigenvalue weighted by molar-refractivity contribution is 8.00. The van der Waals surface area contributed by atoms with Gasteiger partial charge in [0.05, 0.1) is 18.4 Å². The lowest BCUT2D eigenvalue weighted by Gasteiger charge is -2.12. The molecule has 3 aromatic carbocycles. The van der Waals surface area contributed by atoms with Gasteiger partial charge < -0.3 is 15.4 Å². The predicted molar refractivity (Wildman–Crippen MR) is 149 cm³/mol. The van der Waals surface area contributed by atoms with E-state index >= 15 is 0 Å². The van der Waals surface area contributed by atoms with E-state index in [1.165, 1.54) is 30.2 Å². The van der Waals surface area contributed by atoms with Crippen LogP contribution in [0.4, 0.5) is 5.69 Å². The number of ketones is 1. The van der Waals surface area contributed by atoms with Crippen molar-refractivity contribution in [3.8, 4) is 5.75 Å². The Bertz CT molecular complexity index is 1420. The minimum absolute atomic E-state index is 0.0540. The molecule has 0 fully saturated rings. The molecule has 0 aliphatic rings. The summed E-state index contributed by atoms with van der Waals surface area (Å²) in [6, 6.07) is 26.8. The second-order valence-corrected chi connectivity index (χ2v) is 9.82. The summed E-state index contributed by atoms with van der Waals surface area (Å²) < 4.78 is 5.28. The second kappa shape index (κ2) is 12.7. The number of hydrogen-bond acceptors (Lipinski definition) is 6. The zero-order valence-electron chi connectivity index (χ0n) is 20.0. The first-order valence-corrected chi connectivity index (χ1v) is 13.2. The second-order valence-electron chi connectivity index (χ2n) is 7.79. The smallest absolute Gasteiger partial charge is 0.272 e. The molecule has 1 heterocycles. The lowest BCUT2D eigenvalue weighted by Crippen LogP contribution is -2.30. The van der Waals surface area contributed by atoms with Crippen LogP contribution in [0.2, 0.25) is 0 Å². The van der Waals surface area contributed by atoms with Gasteiger partial charge in [-0.3, -0.25) is 14.4 Å². The number of nitrogens with one attached hydrogen (secondary N) is 2. The number of para-hydroxylation sites is 1. The summed E-state index contributed by atoms with van der Waals surface area (Å²) in [6.45, 7) is 0. The van der Waals surface area contributed by atoms with Crippen molar-refractivity contribution in [3.63, 3.8) is 0 Å². The number of thiophene rings is 1. The molecular weight excluding hydrogens is 504 g/mol. The first kappa shape index (κ1) is 25.9. The van der Waals surface area contributed by atoms with E-state index in [-0.39, 0.29) is 23.1 Å². The van der Waals surface area contributed by atoms with E-state index in [1.54, 1.807) is 66.7 Å². The van der Waals surface area contributed by atoms with Crippen LogP contribution in [0.25, 0.3) is 6.08 Å². The zero-order chi connectivity index (χ0) is 26.0. The maximum absolute atomic E-state index is 13.2. The molecule has 0 aliphatic heterocycles. The van der Waals surface area contributed by atoms with Crippen LogP contribution in [0.3, 0.4) is 0 Å². The Morgan fingerprint density at radius 2 is 1.70 bits per heavy atom. The highest BCUT2D eigenvalue weighted by atomic mass is 32.2. The standard InChI is InChI=1S/C29H24N2O4S2/c1-35-27-15-6-5-14-24(27)26(32)19-37-22-12-7-11-21(17-22)30-29(34)25(18-23-13-8-16-36-23)31-28(33)20-9-3-2-4-10-20/h2-18H,19H2,1H3,(H,30,34)(H,31,33)/b25-18-. The third-order valence-corrected chi connectivity index (χ3v) is 7.04. The third kappa shape index (κ3) is 7.19. The highest BCUT2D eigenvalue weighted by Crippen LogP contribution is 2.25. The average Bonchev–Trinajstić information content (AvgIpc) is 3.45. The van der Waals surface area contributed by atoms with Crippen molar-refractivity contribution in [2.24, 2.45) is 0 Å². The van der Waals surface area contributed by atoms with Crippen molar-refractivity contribution in [2.75, 3.05) is 18.2 Å². The van der Waals surface area contributed by atoms with E-state index in [2.05, 4.69) is 10.6 Å². The van der Waals surface area contributed by atoms with Gasteiger partial charge in [0.15, 0.2) is 5.78 Å². The van der Waals surface area contributed by atoms with E-state index in [0.29, 0.717) is 22.6 Å². The van der Waals surface area contributed by atoms with Crippen molar-refractivity contribution in [2.45, 2.75) is 4.90 Å². The highest BCUT2D eigenvalue weighted by Gasteiger charge is 2.16. The molecule has 1 aromatic heterocycles. The monoisotopic (exact) mass is 528 g/mol. The van der Waals surface area contributed by atoms with Crippen molar-refractivity contribution < 1.29 is 19.1 Å². The van der Waals surface area contributed by atoms with Crippen LogP contribution in [-0.4, -0.2) is 30.5 Å². The SMILES string of the molecule is COc1ccccc1C(=O)CSc1cccc(NC(=O)/C(=C/c2cccs2)NC(=O)c2ccccc2)c1. The zero-order valence-corrected chi connectivity index (χ0v) is 21.6. The molecule has 0 spiro atoms. The summed E-state index contributed by atoms with van der Waals surface area (Å²) >= 11 is 2.82. The number of thioether (sulfide) groups is 1. The van der Waals surface area contributed by atoms with Gasteiger partial charge in [0.2, 0.25) is 0 Å². The van der Waals surface area contributed by atoms with Crippen LogP contribution in [-0.2, 0) is 4.79 Å². The van der Waals surface area contributed by atoms with Crippen molar-refractivity contribution in [1.29, 1.82) is 0 Å². The molecule has 4 rings (SSSR count). The third-order valence-electron chi connectivity index (χ3n) is 5.23. The van der Waals surface area contributed by atoms with E-state index in [4.69, 9.17) is 4.74 Å². The summed E-state index contributed by atoms with van der Waals surface area (Å²) in [7, 11) is 1.54. The summed E-state index contributed by atoms with van der Waals surface area (Å²) in [5.74, 6) is -0.130. The summed E-state index contributed by atoms with van der Waals surface area (Å²) in [4.78, 5) is 40.3. The molecule has 0 saturated heterocycles. The van der Waals surface area contributed by atoms with Gasteiger partial charge in [0.25, 0.3) is 11.8 Å². The van der Waals surface area contributed by atoms with E-state index < -0.39 is 5.91 Å². The number of ether oxygens (including phenoxy) is 1. The van der Waals surface area contributed by atoms with E-state index in [0.717, 1.165) is 9.77 Å². The number of carbonyl (C=O) groups is 3. The molecule has 2 N–H and O–H groups in total. The molecule has 8 heteroatoms. The predicted octanol–water partition coefficient (Wildman–Crippen LogP) is 6.14. The molecule has 0 saturated carbocycles. The summed E-state index contributed by atoms with van der Waals surface area (Å²) in [5, 5.41) is 7.48. The Hall–Kier alpha value is -4.14. The van der Waals surface area contributed by atoms with Crippen LogP contribution in [0.1, 0.15) is 25.6 Å². The van der Waals surface area contributed by atoms with Crippen LogP contribution in [0.15, 0.2) is 107 Å². The van der Waals surface area contributed by atoms with Crippen molar-refractivity contribution >= 4 is 52.5 Å². The fourth-order valence-electron chi connectivity index (χ4n) is 3.42. The Morgan fingerprint density at radius 3 is 2.46 bits per heavy atom.